The molecule has 0 N–H and O–H groups in total. The Hall–Kier alpha value is -4.91. The zero-order chi connectivity index (χ0) is 47.2. The highest BCUT2D eigenvalue weighted by Gasteiger charge is 2.55. The second-order valence-corrected chi connectivity index (χ2v) is 35.5. The molecule has 12 rings (SSSR count). The Morgan fingerprint density at radius 2 is 1.07 bits per heavy atom. The molecule has 5 unspecified atom stereocenters. The van der Waals surface area contributed by atoms with E-state index in [0.717, 1.165) is 19.3 Å². The SMILES string of the molecule is CC12CCCCC1(C)N(c1ccc([Si](C)(C)C)cc1)c1ccc(-c3ccc4c5c6c(ccc35)C=CC(c3ccc5c(c3)CC3(C)CCCCC3(C)N5c3ccc([Si](C)(C)C)cc3)C6=CC4)cc1C2. The molecule has 0 spiro atoms. The molecular weight excluding hydrogens is 853 g/mol. The van der Waals surface area contributed by atoms with Gasteiger partial charge in [-0.2, -0.15) is 0 Å². The molecule has 5 atom stereocenters. The molecule has 6 aromatic rings. The topological polar surface area (TPSA) is 6.48 Å². The van der Waals surface area contributed by atoms with Crippen molar-refractivity contribution in [2.45, 2.75) is 155 Å². The van der Waals surface area contributed by atoms with Gasteiger partial charge >= 0.3 is 0 Å². The Morgan fingerprint density at radius 1 is 0.529 bits per heavy atom. The summed E-state index contributed by atoms with van der Waals surface area (Å²) in [7, 11) is -2.82. The molecule has 0 radical (unpaired) electrons. The minimum atomic E-state index is -1.41. The van der Waals surface area contributed by atoms with Crippen LogP contribution in [0.25, 0.3) is 33.5 Å². The summed E-state index contributed by atoms with van der Waals surface area (Å²) < 4.78 is 0. The van der Waals surface area contributed by atoms with Crippen LogP contribution in [0.4, 0.5) is 22.7 Å². The molecule has 2 nitrogen and oxygen atoms in total. The van der Waals surface area contributed by atoms with E-state index >= 15 is 0 Å². The number of hydrogen-bond donors (Lipinski definition) is 0. The molecule has 0 aromatic heterocycles. The third kappa shape index (κ3) is 6.58. The number of hydrogen-bond acceptors (Lipinski definition) is 2. The molecule has 2 saturated carbocycles. The first-order valence-electron chi connectivity index (χ1n) is 26.4. The zero-order valence-corrected chi connectivity index (χ0v) is 44.9. The lowest BCUT2D eigenvalue weighted by molar-refractivity contribution is 0.0862. The van der Waals surface area contributed by atoms with Crippen molar-refractivity contribution >= 4 is 71.7 Å². The van der Waals surface area contributed by atoms with E-state index in [0.29, 0.717) is 0 Å². The van der Waals surface area contributed by atoms with Crippen molar-refractivity contribution in [3.05, 3.63) is 155 Å². The lowest BCUT2D eigenvalue weighted by atomic mass is 9.57. The Kier molecular flexibility index (Phi) is 9.97. The van der Waals surface area contributed by atoms with Crippen LogP contribution in [0.2, 0.25) is 39.3 Å². The van der Waals surface area contributed by atoms with Crippen molar-refractivity contribution in [1.29, 1.82) is 0 Å². The number of anilines is 4. The van der Waals surface area contributed by atoms with Crippen LogP contribution < -0.4 is 20.2 Å². The third-order valence-electron chi connectivity index (χ3n) is 19.3. The third-order valence-corrected chi connectivity index (χ3v) is 23.4. The fourth-order valence-electron chi connectivity index (χ4n) is 14.7. The van der Waals surface area contributed by atoms with E-state index in [1.54, 1.807) is 0 Å². The Labute approximate surface area is 410 Å². The molecule has 4 heteroatoms. The van der Waals surface area contributed by atoms with E-state index in [2.05, 4.69) is 204 Å². The van der Waals surface area contributed by atoms with Gasteiger partial charge in [-0.25, -0.2) is 0 Å². The van der Waals surface area contributed by atoms with Crippen LogP contribution in [0, 0.1) is 10.8 Å². The van der Waals surface area contributed by atoms with Crippen LogP contribution in [-0.2, 0) is 19.3 Å². The van der Waals surface area contributed by atoms with Gasteiger partial charge in [0.2, 0.25) is 0 Å². The summed E-state index contributed by atoms with van der Waals surface area (Å²) >= 11 is 0. The Bertz CT molecular complexity index is 3090. The molecule has 6 aliphatic rings. The normalized spacial score (nSPS) is 27.3. The van der Waals surface area contributed by atoms with E-state index in [1.807, 2.05) is 0 Å². The van der Waals surface area contributed by atoms with Gasteiger partial charge in [-0.15, -0.1) is 0 Å². The minimum absolute atomic E-state index is 0.0724. The molecule has 4 aliphatic carbocycles. The highest BCUT2D eigenvalue weighted by molar-refractivity contribution is 6.89. The van der Waals surface area contributed by atoms with Crippen LogP contribution in [0.15, 0.2) is 121 Å². The predicted molar refractivity (Wildman–Crippen MR) is 300 cm³/mol. The van der Waals surface area contributed by atoms with Gasteiger partial charge in [-0.05, 0) is 173 Å². The van der Waals surface area contributed by atoms with Crippen molar-refractivity contribution in [3.8, 4) is 11.1 Å². The second-order valence-electron chi connectivity index (χ2n) is 25.4. The van der Waals surface area contributed by atoms with Gasteiger partial charge in [0.05, 0.1) is 16.1 Å². The zero-order valence-electron chi connectivity index (χ0n) is 42.9. The van der Waals surface area contributed by atoms with Crippen molar-refractivity contribution in [2.24, 2.45) is 10.8 Å². The summed E-state index contributed by atoms with van der Waals surface area (Å²) in [6.45, 7) is 25.1. The van der Waals surface area contributed by atoms with Gasteiger partial charge in [0.15, 0.2) is 0 Å². The summed E-state index contributed by atoms with van der Waals surface area (Å²) in [5.74, 6) is 0.229. The van der Waals surface area contributed by atoms with E-state index in [-0.39, 0.29) is 27.8 Å². The molecule has 2 aliphatic heterocycles. The maximum atomic E-state index is 2.79. The van der Waals surface area contributed by atoms with Gasteiger partial charge in [-0.1, -0.05) is 174 Å². The summed E-state index contributed by atoms with van der Waals surface area (Å²) in [4.78, 5) is 5.56. The lowest BCUT2D eigenvalue weighted by Gasteiger charge is -2.60. The van der Waals surface area contributed by atoms with Crippen molar-refractivity contribution in [1.82, 2.24) is 0 Å². The highest BCUT2D eigenvalue weighted by Crippen LogP contribution is 2.60. The van der Waals surface area contributed by atoms with Crippen molar-refractivity contribution in [3.63, 3.8) is 0 Å². The monoisotopic (exact) mass is 927 g/mol. The van der Waals surface area contributed by atoms with E-state index < -0.39 is 16.1 Å². The first-order valence-corrected chi connectivity index (χ1v) is 33.4. The van der Waals surface area contributed by atoms with Crippen molar-refractivity contribution in [2.75, 3.05) is 9.80 Å². The maximum Gasteiger partial charge on any atom is 0.0775 e. The number of fused-ring (bicyclic) bond motifs is 4. The minimum Gasteiger partial charge on any atom is -0.335 e. The van der Waals surface area contributed by atoms with Crippen LogP contribution in [0.3, 0.4) is 0 Å². The van der Waals surface area contributed by atoms with Crippen LogP contribution in [0.5, 0.6) is 0 Å². The first kappa shape index (κ1) is 44.3. The predicted octanol–water partition coefficient (Wildman–Crippen LogP) is 16.4. The molecule has 68 heavy (non-hydrogen) atoms. The number of allylic oxidation sites excluding steroid dienone is 3. The molecule has 2 heterocycles. The van der Waals surface area contributed by atoms with Gasteiger partial charge in [0.1, 0.15) is 0 Å². The smallest absolute Gasteiger partial charge is 0.0775 e. The number of nitrogens with zero attached hydrogens (tertiary/aromatic N) is 2. The summed E-state index contributed by atoms with van der Waals surface area (Å²) in [6, 6.07) is 44.4. The number of benzene rings is 6. The lowest BCUT2D eigenvalue weighted by Crippen LogP contribution is -2.60. The van der Waals surface area contributed by atoms with E-state index in [1.165, 1.54) is 145 Å². The molecule has 0 amide bonds. The Balaban J connectivity index is 0.924. The average molecular weight is 927 g/mol. The fourth-order valence-corrected chi connectivity index (χ4v) is 17.1. The van der Waals surface area contributed by atoms with Gasteiger partial charge in [0, 0.05) is 39.7 Å². The summed E-state index contributed by atoms with van der Waals surface area (Å²) in [6.07, 6.45) is 21.0. The average Bonchev–Trinajstić information content (AvgIpc) is 3.31. The quantitative estimate of drug-likeness (QED) is 0.154. The fraction of sp³-hybridized carbons (Fsp3) is 0.406. The molecule has 6 aromatic carbocycles. The van der Waals surface area contributed by atoms with E-state index in [9.17, 15) is 0 Å². The van der Waals surface area contributed by atoms with Crippen LogP contribution >= 0.6 is 0 Å². The van der Waals surface area contributed by atoms with Gasteiger partial charge in [-0.3, -0.25) is 0 Å². The van der Waals surface area contributed by atoms with Crippen LogP contribution in [0.1, 0.15) is 118 Å². The first-order chi connectivity index (χ1) is 32.4. The summed E-state index contributed by atoms with van der Waals surface area (Å²) in [5, 5.41) is 5.94. The van der Waals surface area contributed by atoms with Crippen LogP contribution in [-0.4, -0.2) is 27.2 Å². The summed E-state index contributed by atoms with van der Waals surface area (Å²) in [5.41, 5.74) is 19.0. The van der Waals surface area contributed by atoms with Gasteiger partial charge in [0.25, 0.3) is 0 Å². The van der Waals surface area contributed by atoms with Gasteiger partial charge < -0.3 is 9.80 Å². The highest BCUT2D eigenvalue weighted by atomic mass is 28.3. The van der Waals surface area contributed by atoms with Crippen molar-refractivity contribution < 1.29 is 0 Å². The standard InChI is InChI=1S/C64H74N2Si2/c1-61-35-11-13-37-63(61,3)65(49-21-25-51(26-22-49)67(5,6)7)57-33-19-45(39-47(57)41-61)53-29-15-43-18-32-56-54(30-16-44-17-31-55(53)59(43)60(44)56)46-20-34-58-48(40-46)42-62(2)36-12-14-38-64(62,4)66(58)50-23-27-52(28-24-50)68(8,9)10/h15-17,19-34,39-40,54H,11-14,18,35-38,41-42H2,1-10H3. The molecule has 0 bridgehead atoms. The Morgan fingerprint density at radius 3 is 1.65 bits per heavy atom. The largest absolute Gasteiger partial charge is 0.335 e. The molecule has 0 saturated heterocycles. The molecule has 2 fully saturated rings. The number of rotatable bonds is 6. The van der Waals surface area contributed by atoms with E-state index in [4.69, 9.17) is 0 Å². The molecule has 348 valence electrons. The second kappa shape index (κ2) is 15.3. The maximum absolute atomic E-state index is 2.79. The molecular formula is C64H74N2Si2.